The van der Waals surface area contributed by atoms with E-state index >= 15 is 0 Å². The molecule has 0 unspecified atom stereocenters. The van der Waals surface area contributed by atoms with Gasteiger partial charge in [-0.2, -0.15) is 0 Å². The number of hydrogen-bond acceptors (Lipinski definition) is 6. The molecule has 0 saturated carbocycles. The van der Waals surface area contributed by atoms with Crippen LogP contribution in [0.2, 0.25) is 0 Å². The molecule has 4 aromatic carbocycles. The van der Waals surface area contributed by atoms with E-state index in [-0.39, 0.29) is 26.4 Å². The van der Waals surface area contributed by atoms with E-state index < -0.39 is 24.4 Å². The smallest absolute Gasteiger partial charge is 0.151 e. The Kier molecular flexibility index (Phi) is 12.1. The molecule has 6 nitrogen and oxygen atoms in total. The summed E-state index contributed by atoms with van der Waals surface area (Å²) in [7, 11) is 0. The summed E-state index contributed by atoms with van der Waals surface area (Å²) >= 11 is 0. The Bertz CT molecular complexity index is 1220. The number of carbonyl (C=O) groups is 1. The van der Waals surface area contributed by atoms with Crippen molar-refractivity contribution in [2.75, 3.05) is 6.61 Å². The molecular formula is C34H36O6. The topological polar surface area (TPSA) is 74.2 Å². The zero-order valence-electron chi connectivity index (χ0n) is 22.5. The van der Waals surface area contributed by atoms with Gasteiger partial charge < -0.3 is 28.8 Å². The maximum Gasteiger partial charge on any atom is 0.151 e. The van der Waals surface area contributed by atoms with E-state index in [0.717, 1.165) is 28.5 Å². The molecule has 0 aromatic heterocycles. The summed E-state index contributed by atoms with van der Waals surface area (Å²) in [5, 5.41) is 11.4. The third kappa shape index (κ3) is 9.52. The largest absolute Gasteiger partial charge is 0.388 e. The van der Waals surface area contributed by atoms with Crippen molar-refractivity contribution in [1.82, 2.24) is 0 Å². The van der Waals surface area contributed by atoms with Crippen molar-refractivity contribution in [1.29, 1.82) is 0 Å². The van der Waals surface area contributed by atoms with Gasteiger partial charge in [-0.1, -0.05) is 121 Å². The lowest BCUT2D eigenvalue weighted by molar-refractivity contribution is -0.185. The molecule has 208 valence electrons. The molecule has 0 heterocycles. The maximum atomic E-state index is 12.4. The Hall–Kier alpha value is -3.65. The Morgan fingerprint density at radius 3 is 1.32 bits per heavy atom. The first-order chi connectivity index (χ1) is 19.7. The summed E-state index contributed by atoms with van der Waals surface area (Å²) in [6, 6.07) is 38.7. The lowest BCUT2D eigenvalue weighted by Crippen LogP contribution is -2.50. The quantitative estimate of drug-likeness (QED) is 0.178. The highest BCUT2D eigenvalue weighted by molar-refractivity contribution is 5.57. The van der Waals surface area contributed by atoms with Crippen molar-refractivity contribution in [3.63, 3.8) is 0 Å². The first kappa shape index (κ1) is 29.3. The molecule has 4 aromatic rings. The summed E-state index contributed by atoms with van der Waals surface area (Å²) in [5.41, 5.74) is 3.77. The average molecular weight is 541 g/mol. The predicted octanol–water partition coefficient (Wildman–Crippen LogP) is 5.52. The molecule has 0 aliphatic carbocycles. The predicted molar refractivity (Wildman–Crippen MR) is 153 cm³/mol. The number of aldehydes is 1. The number of carbonyl (C=O) groups excluding carboxylic acids is 1. The van der Waals surface area contributed by atoms with Crippen LogP contribution in [0.5, 0.6) is 0 Å². The first-order valence-electron chi connectivity index (χ1n) is 13.4. The van der Waals surface area contributed by atoms with Crippen molar-refractivity contribution in [3.05, 3.63) is 144 Å². The monoisotopic (exact) mass is 540 g/mol. The van der Waals surface area contributed by atoms with Crippen molar-refractivity contribution in [3.8, 4) is 0 Å². The molecule has 0 radical (unpaired) electrons. The minimum atomic E-state index is -1.09. The van der Waals surface area contributed by atoms with E-state index in [4.69, 9.17) is 18.9 Å². The third-order valence-electron chi connectivity index (χ3n) is 6.42. The fraction of sp³-hybridized carbons (Fsp3) is 0.265. The lowest BCUT2D eigenvalue weighted by atomic mass is 10.0. The van der Waals surface area contributed by atoms with Gasteiger partial charge in [-0.05, 0) is 22.3 Å². The number of aliphatic hydroxyl groups is 1. The van der Waals surface area contributed by atoms with Crippen LogP contribution in [0.4, 0.5) is 0 Å². The highest BCUT2D eigenvalue weighted by atomic mass is 16.6. The van der Waals surface area contributed by atoms with Crippen LogP contribution >= 0.6 is 0 Å². The van der Waals surface area contributed by atoms with Crippen molar-refractivity contribution < 1.29 is 28.8 Å². The molecule has 0 fully saturated rings. The highest BCUT2D eigenvalue weighted by Crippen LogP contribution is 2.21. The summed E-state index contributed by atoms with van der Waals surface area (Å²) in [5.74, 6) is 0. The molecule has 4 atom stereocenters. The molecule has 6 heteroatoms. The van der Waals surface area contributed by atoms with Crippen molar-refractivity contribution >= 4 is 6.29 Å². The molecule has 1 N–H and O–H groups in total. The molecule has 0 aliphatic heterocycles. The molecule has 0 bridgehead atoms. The van der Waals surface area contributed by atoms with Crippen LogP contribution in [0.25, 0.3) is 0 Å². The van der Waals surface area contributed by atoms with Gasteiger partial charge in [-0.3, -0.25) is 0 Å². The van der Waals surface area contributed by atoms with Crippen molar-refractivity contribution in [2.24, 2.45) is 0 Å². The van der Waals surface area contributed by atoms with E-state index in [1.165, 1.54) is 0 Å². The molecule has 4 rings (SSSR count). The van der Waals surface area contributed by atoms with Gasteiger partial charge in [0.1, 0.15) is 24.4 Å². The molecule has 0 saturated heterocycles. The van der Waals surface area contributed by atoms with E-state index in [1.54, 1.807) is 0 Å². The van der Waals surface area contributed by atoms with Crippen LogP contribution in [0.3, 0.4) is 0 Å². The Morgan fingerprint density at radius 2 is 0.900 bits per heavy atom. The lowest BCUT2D eigenvalue weighted by Gasteiger charge is -2.34. The van der Waals surface area contributed by atoms with Crippen LogP contribution in [-0.2, 0) is 50.2 Å². The SMILES string of the molecule is O=C[C@@H](OCc1ccccc1)[C@H](OCc1ccccc1)[C@H](OCc1ccccc1)[C@H](O)COCc1ccccc1. The van der Waals surface area contributed by atoms with Gasteiger partial charge in [0.25, 0.3) is 0 Å². The van der Waals surface area contributed by atoms with E-state index in [9.17, 15) is 9.90 Å². The standard InChI is InChI=1S/C34H36O6/c35-21-32(38-23-28-15-7-2-8-16-28)34(40-25-30-19-11-4-12-20-30)33(39-24-29-17-9-3-10-18-29)31(36)26-37-22-27-13-5-1-6-14-27/h1-21,31-34,36H,22-26H2/t31-,32-,33-,34+/m1/s1. The normalized spacial score (nSPS) is 14.2. The van der Waals surface area contributed by atoms with Crippen LogP contribution in [-0.4, -0.2) is 42.4 Å². The van der Waals surface area contributed by atoms with E-state index in [1.807, 2.05) is 121 Å². The third-order valence-corrected chi connectivity index (χ3v) is 6.42. The summed E-state index contributed by atoms with van der Waals surface area (Å²) in [4.78, 5) is 12.4. The number of rotatable bonds is 17. The van der Waals surface area contributed by atoms with E-state index in [0.29, 0.717) is 6.61 Å². The first-order valence-corrected chi connectivity index (χ1v) is 13.4. The van der Waals surface area contributed by atoms with Crippen LogP contribution in [0.15, 0.2) is 121 Å². The van der Waals surface area contributed by atoms with Crippen molar-refractivity contribution in [2.45, 2.75) is 50.8 Å². The molecule has 0 aliphatic rings. The van der Waals surface area contributed by atoms with Crippen LogP contribution in [0.1, 0.15) is 22.3 Å². The Morgan fingerprint density at radius 1 is 0.525 bits per heavy atom. The van der Waals surface area contributed by atoms with Gasteiger partial charge in [-0.25, -0.2) is 0 Å². The Labute approximate surface area is 236 Å². The molecule has 0 spiro atoms. The zero-order valence-corrected chi connectivity index (χ0v) is 22.5. The molecule has 0 amide bonds. The van der Waals surface area contributed by atoms with E-state index in [2.05, 4.69) is 0 Å². The highest BCUT2D eigenvalue weighted by Gasteiger charge is 2.37. The van der Waals surface area contributed by atoms with Crippen LogP contribution < -0.4 is 0 Å². The maximum absolute atomic E-state index is 12.4. The van der Waals surface area contributed by atoms with Gasteiger partial charge in [0, 0.05) is 0 Å². The van der Waals surface area contributed by atoms with Crippen LogP contribution in [0, 0.1) is 0 Å². The van der Waals surface area contributed by atoms with Gasteiger partial charge >= 0.3 is 0 Å². The van der Waals surface area contributed by atoms with Gasteiger partial charge in [0.15, 0.2) is 6.29 Å². The number of aliphatic hydroxyl groups excluding tert-OH is 1. The minimum absolute atomic E-state index is 0.0101. The summed E-state index contributed by atoms with van der Waals surface area (Å²) in [6.45, 7) is 0.968. The van der Waals surface area contributed by atoms with Gasteiger partial charge in [0.2, 0.25) is 0 Å². The van der Waals surface area contributed by atoms with Gasteiger partial charge in [-0.15, -0.1) is 0 Å². The second-order valence-corrected chi connectivity index (χ2v) is 9.49. The number of ether oxygens (including phenoxy) is 4. The number of benzene rings is 4. The fourth-order valence-electron chi connectivity index (χ4n) is 4.28. The molecule has 40 heavy (non-hydrogen) atoms. The summed E-state index contributed by atoms with van der Waals surface area (Å²) < 4.78 is 24.5. The second kappa shape index (κ2) is 16.5. The minimum Gasteiger partial charge on any atom is -0.388 e. The molecular weight excluding hydrogens is 504 g/mol. The fourth-order valence-corrected chi connectivity index (χ4v) is 4.28. The Balaban J connectivity index is 1.53. The zero-order chi connectivity index (χ0) is 27.8. The van der Waals surface area contributed by atoms with Gasteiger partial charge in [0.05, 0.1) is 33.0 Å². The second-order valence-electron chi connectivity index (χ2n) is 9.49. The number of hydrogen-bond donors (Lipinski definition) is 1. The average Bonchev–Trinajstić information content (AvgIpc) is 3.01. The summed E-state index contributed by atoms with van der Waals surface area (Å²) in [6.07, 6.45) is -3.18.